The largest absolute Gasteiger partial charge is 0.344 e. The number of carbonyl (C=O) groups is 1. The quantitative estimate of drug-likeness (QED) is 0.550. The number of piperidine rings is 1. The van der Waals surface area contributed by atoms with Crippen molar-refractivity contribution in [3.63, 3.8) is 0 Å². The number of hydrogen-bond donors (Lipinski definition) is 1. The molecule has 0 spiro atoms. The second kappa shape index (κ2) is 6.91. The van der Waals surface area contributed by atoms with Gasteiger partial charge in [-0.1, -0.05) is 24.3 Å². The van der Waals surface area contributed by atoms with Crippen LogP contribution in [0.25, 0.3) is 22.2 Å². The first-order valence-electron chi connectivity index (χ1n) is 10.5. The van der Waals surface area contributed by atoms with E-state index in [2.05, 4.69) is 15.0 Å². The topological polar surface area (TPSA) is 83.9 Å². The monoisotopic (exact) mass is 411 g/mol. The highest BCUT2D eigenvalue weighted by Crippen LogP contribution is 2.36. The molecule has 154 valence electrons. The van der Waals surface area contributed by atoms with Crippen molar-refractivity contribution in [3.8, 4) is 11.4 Å². The highest BCUT2D eigenvalue weighted by atomic mass is 16.2. The van der Waals surface area contributed by atoms with E-state index in [1.54, 1.807) is 24.8 Å². The molecular formula is C24H21N5O2. The number of H-pyrrole nitrogens is 1. The van der Waals surface area contributed by atoms with Crippen LogP contribution in [0.4, 0.5) is 0 Å². The van der Waals surface area contributed by atoms with Gasteiger partial charge in [-0.25, -0.2) is 4.98 Å². The van der Waals surface area contributed by atoms with Crippen LogP contribution in [0.15, 0.2) is 66.0 Å². The van der Waals surface area contributed by atoms with Gasteiger partial charge < -0.3 is 14.5 Å². The van der Waals surface area contributed by atoms with Gasteiger partial charge in [-0.2, -0.15) is 0 Å². The van der Waals surface area contributed by atoms with Crippen molar-refractivity contribution in [2.45, 2.75) is 18.9 Å². The van der Waals surface area contributed by atoms with Gasteiger partial charge in [0.1, 0.15) is 5.82 Å². The van der Waals surface area contributed by atoms with Crippen LogP contribution in [0.2, 0.25) is 0 Å². The summed E-state index contributed by atoms with van der Waals surface area (Å²) in [6.07, 6.45) is 7.83. The van der Waals surface area contributed by atoms with Gasteiger partial charge in [0.15, 0.2) is 0 Å². The molecule has 0 saturated carbocycles. The van der Waals surface area contributed by atoms with Crippen molar-refractivity contribution < 1.29 is 4.79 Å². The lowest BCUT2D eigenvalue weighted by atomic mass is 9.82. The van der Waals surface area contributed by atoms with Gasteiger partial charge in [0, 0.05) is 61.4 Å². The van der Waals surface area contributed by atoms with Crippen molar-refractivity contribution in [1.29, 1.82) is 0 Å². The molecule has 7 nitrogen and oxygen atoms in total. The molecule has 1 N–H and O–H groups in total. The molecule has 2 aliphatic rings. The van der Waals surface area contributed by atoms with E-state index in [-0.39, 0.29) is 23.3 Å². The SMILES string of the molecule is O=C(c1cncc2ccccc12)N1C[C@@H]2C[C@H](C1)c1ccc(-c3ncc[nH]3)c(=O)n1C2. The molecule has 3 aromatic heterocycles. The molecule has 2 aliphatic heterocycles. The lowest BCUT2D eigenvalue weighted by Crippen LogP contribution is -2.49. The number of carbonyl (C=O) groups excluding carboxylic acids is 1. The molecule has 0 unspecified atom stereocenters. The van der Waals surface area contributed by atoms with Crippen LogP contribution in [0, 0.1) is 5.92 Å². The maximum atomic E-state index is 13.4. The van der Waals surface area contributed by atoms with Crippen molar-refractivity contribution >= 4 is 16.7 Å². The first kappa shape index (κ1) is 18.1. The van der Waals surface area contributed by atoms with Crippen LogP contribution in [-0.2, 0) is 6.54 Å². The summed E-state index contributed by atoms with van der Waals surface area (Å²) in [7, 11) is 0. The molecule has 2 bridgehead atoms. The normalized spacial score (nSPS) is 19.9. The fourth-order valence-electron chi connectivity index (χ4n) is 5.16. The number of nitrogens with zero attached hydrogens (tertiary/aromatic N) is 4. The van der Waals surface area contributed by atoms with Crippen LogP contribution in [0.5, 0.6) is 0 Å². The minimum absolute atomic E-state index is 0.0137. The second-order valence-corrected chi connectivity index (χ2v) is 8.44. The number of rotatable bonds is 2. The molecule has 1 aromatic carbocycles. The van der Waals surface area contributed by atoms with Gasteiger partial charge >= 0.3 is 0 Å². The van der Waals surface area contributed by atoms with E-state index in [9.17, 15) is 9.59 Å². The van der Waals surface area contributed by atoms with Gasteiger partial charge in [-0.05, 0) is 29.9 Å². The first-order chi connectivity index (χ1) is 15.2. The molecule has 0 aliphatic carbocycles. The summed E-state index contributed by atoms with van der Waals surface area (Å²) in [6, 6.07) is 11.7. The molecule has 1 saturated heterocycles. The summed E-state index contributed by atoms with van der Waals surface area (Å²) < 4.78 is 1.89. The van der Waals surface area contributed by atoms with Crippen LogP contribution in [0.1, 0.15) is 28.4 Å². The average Bonchev–Trinajstić information content (AvgIpc) is 3.33. The molecule has 4 aromatic rings. The highest BCUT2D eigenvalue weighted by Gasteiger charge is 2.37. The minimum Gasteiger partial charge on any atom is -0.344 e. The number of fused-ring (bicyclic) bond motifs is 5. The maximum absolute atomic E-state index is 13.4. The third kappa shape index (κ3) is 2.88. The van der Waals surface area contributed by atoms with Crippen molar-refractivity contribution in [2.75, 3.05) is 13.1 Å². The standard InChI is InChI=1S/C24H21N5O2/c30-23(20-11-25-10-16-3-1-2-4-18(16)20)28-12-15-9-17(14-28)21-6-5-19(22-26-7-8-27-22)24(31)29(21)13-15/h1-8,10-11,15,17H,9,12-14H2,(H,26,27)/t15-,17+/m0/s1. The van der Waals surface area contributed by atoms with E-state index in [0.717, 1.165) is 22.9 Å². The Morgan fingerprint density at radius 2 is 1.97 bits per heavy atom. The molecule has 2 atom stereocenters. The van der Waals surface area contributed by atoms with E-state index in [1.807, 2.05) is 45.9 Å². The number of pyridine rings is 2. The Kier molecular flexibility index (Phi) is 4.02. The Bertz CT molecular complexity index is 1350. The summed E-state index contributed by atoms with van der Waals surface area (Å²) in [5, 5.41) is 1.89. The van der Waals surface area contributed by atoms with Gasteiger partial charge in [0.2, 0.25) is 0 Å². The molecule has 31 heavy (non-hydrogen) atoms. The second-order valence-electron chi connectivity index (χ2n) is 8.44. The summed E-state index contributed by atoms with van der Waals surface area (Å²) in [6.45, 7) is 1.88. The van der Waals surface area contributed by atoms with Crippen LogP contribution < -0.4 is 5.56 Å². The van der Waals surface area contributed by atoms with E-state index in [4.69, 9.17) is 0 Å². The number of aromatic nitrogens is 4. The lowest BCUT2D eigenvalue weighted by Gasteiger charge is -2.43. The molecule has 1 amide bonds. The van der Waals surface area contributed by atoms with Gasteiger partial charge in [0.05, 0.1) is 11.1 Å². The van der Waals surface area contributed by atoms with Crippen molar-refractivity contribution in [2.24, 2.45) is 5.92 Å². The Balaban J connectivity index is 1.34. The zero-order chi connectivity index (χ0) is 20.9. The Morgan fingerprint density at radius 1 is 1.06 bits per heavy atom. The fourth-order valence-corrected chi connectivity index (χ4v) is 5.16. The summed E-state index contributed by atoms with van der Waals surface area (Å²) >= 11 is 0. The number of aromatic amines is 1. The third-order valence-corrected chi connectivity index (χ3v) is 6.54. The van der Waals surface area contributed by atoms with Gasteiger partial charge in [-0.3, -0.25) is 14.6 Å². The van der Waals surface area contributed by atoms with Crippen LogP contribution >= 0.6 is 0 Å². The number of imidazole rings is 1. The zero-order valence-electron chi connectivity index (χ0n) is 16.9. The first-order valence-corrected chi connectivity index (χ1v) is 10.5. The van der Waals surface area contributed by atoms with Crippen LogP contribution in [0.3, 0.4) is 0 Å². The number of likely N-dealkylation sites (tertiary alicyclic amines) is 1. The van der Waals surface area contributed by atoms with Gasteiger partial charge in [0.25, 0.3) is 11.5 Å². The molecule has 7 heteroatoms. The number of hydrogen-bond acceptors (Lipinski definition) is 4. The molecule has 1 fully saturated rings. The van der Waals surface area contributed by atoms with E-state index < -0.39 is 0 Å². The van der Waals surface area contributed by atoms with Gasteiger partial charge in [-0.15, -0.1) is 0 Å². The minimum atomic E-state index is -0.0137. The van der Waals surface area contributed by atoms with E-state index >= 15 is 0 Å². The molecule has 0 radical (unpaired) electrons. The number of benzene rings is 1. The summed E-state index contributed by atoms with van der Waals surface area (Å²) in [5.74, 6) is 1.01. The lowest BCUT2D eigenvalue weighted by molar-refractivity contribution is 0.0596. The average molecular weight is 411 g/mol. The summed E-state index contributed by atoms with van der Waals surface area (Å²) in [4.78, 5) is 40.1. The van der Waals surface area contributed by atoms with E-state index in [1.165, 1.54) is 0 Å². The zero-order valence-corrected chi connectivity index (χ0v) is 16.9. The Morgan fingerprint density at radius 3 is 2.84 bits per heavy atom. The smallest absolute Gasteiger partial charge is 0.261 e. The highest BCUT2D eigenvalue weighted by molar-refractivity contribution is 6.06. The predicted octanol–water partition coefficient (Wildman–Crippen LogP) is 3.05. The van der Waals surface area contributed by atoms with Crippen LogP contribution in [-0.4, -0.2) is 43.4 Å². The number of nitrogens with one attached hydrogen (secondary N) is 1. The van der Waals surface area contributed by atoms with Crippen molar-refractivity contribution in [3.05, 3.63) is 82.8 Å². The van der Waals surface area contributed by atoms with E-state index in [0.29, 0.717) is 36.6 Å². The number of amides is 1. The fraction of sp³-hybridized carbons (Fsp3) is 0.250. The maximum Gasteiger partial charge on any atom is 0.261 e. The predicted molar refractivity (Wildman–Crippen MR) is 117 cm³/mol. The summed E-state index contributed by atoms with van der Waals surface area (Å²) in [5.41, 5.74) is 2.22. The van der Waals surface area contributed by atoms with Crippen molar-refractivity contribution in [1.82, 2.24) is 24.4 Å². The Hall–Kier alpha value is -3.74. The molecular weight excluding hydrogens is 390 g/mol. The molecule has 6 rings (SSSR count). The molecule has 5 heterocycles. The third-order valence-electron chi connectivity index (χ3n) is 6.54. The Labute approximate surface area is 178 Å².